The molecule has 12 heteroatoms. The minimum absolute atomic E-state index is 0.0145. The molecule has 0 bridgehead atoms. The first-order chi connectivity index (χ1) is 20.5. The average molecular weight is 605 g/mol. The Balaban J connectivity index is 1.68. The van der Waals surface area contributed by atoms with Gasteiger partial charge in [0, 0.05) is 36.0 Å². The molecule has 1 heterocycles. The Hall–Kier alpha value is -4.55. The van der Waals surface area contributed by atoms with Crippen LogP contribution in [0.1, 0.15) is 59.8 Å². The van der Waals surface area contributed by atoms with Gasteiger partial charge in [-0.25, -0.2) is 0 Å². The minimum atomic E-state index is -2.72. The van der Waals surface area contributed by atoms with E-state index in [4.69, 9.17) is 5.73 Å². The number of nitrogens with zero attached hydrogens (tertiary/aromatic N) is 2. The molecular formula is C32H36N4O8. The van der Waals surface area contributed by atoms with Crippen molar-refractivity contribution in [3.63, 3.8) is 0 Å². The molecule has 1 saturated carbocycles. The van der Waals surface area contributed by atoms with Gasteiger partial charge < -0.3 is 31.5 Å². The van der Waals surface area contributed by atoms with Crippen molar-refractivity contribution in [2.75, 3.05) is 14.1 Å². The van der Waals surface area contributed by atoms with Gasteiger partial charge in [-0.15, -0.1) is 0 Å². The van der Waals surface area contributed by atoms with E-state index in [0.717, 1.165) is 0 Å². The maximum Gasteiger partial charge on any atom is 0.255 e. The molecule has 4 atom stereocenters. The number of rotatable bonds is 5. The van der Waals surface area contributed by atoms with Crippen LogP contribution >= 0.6 is 0 Å². The third kappa shape index (κ3) is 4.56. The Kier molecular flexibility index (Phi) is 7.42. The normalized spacial score (nSPS) is 25.0. The van der Waals surface area contributed by atoms with Gasteiger partial charge in [0.2, 0.25) is 5.78 Å². The maximum absolute atomic E-state index is 14.2. The number of ketones is 2. The van der Waals surface area contributed by atoms with Crippen molar-refractivity contribution in [3.8, 4) is 5.75 Å². The number of hydrogen-bond donors (Lipinski definition) is 6. The summed E-state index contributed by atoms with van der Waals surface area (Å²) in [5.74, 6) is -7.46. The first-order valence-corrected chi connectivity index (χ1v) is 14.2. The summed E-state index contributed by atoms with van der Waals surface area (Å²) in [6, 6.07) is 3.83. The number of phenolic OH excluding ortho intramolecular Hbond substituents is 1. The van der Waals surface area contributed by atoms with Crippen LogP contribution in [-0.4, -0.2) is 79.4 Å². The van der Waals surface area contributed by atoms with Crippen LogP contribution in [0.3, 0.4) is 0 Å². The van der Waals surface area contributed by atoms with Crippen molar-refractivity contribution in [2.24, 2.45) is 17.6 Å². The van der Waals surface area contributed by atoms with E-state index in [2.05, 4.69) is 10.3 Å². The third-order valence-corrected chi connectivity index (χ3v) is 8.98. The van der Waals surface area contributed by atoms with Gasteiger partial charge in [-0.2, -0.15) is 0 Å². The van der Waals surface area contributed by atoms with Gasteiger partial charge in [-0.3, -0.25) is 29.1 Å². The summed E-state index contributed by atoms with van der Waals surface area (Å²) in [6.07, 6.45) is 3.06. The lowest BCUT2D eigenvalue weighted by Gasteiger charge is -2.50. The second-order valence-corrected chi connectivity index (χ2v) is 12.9. The van der Waals surface area contributed by atoms with Gasteiger partial charge in [0.15, 0.2) is 11.4 Å². The number of nitrogens with one attached hydrogen (secondary N) is 1. The Morgan fingerprint density at radius 3 is 2.43 bits per heavy atom. The number of hydrogen-bond acceptors (Lipinski definition) is 10. The third-order valence-electron chi connectivity index (χ3n) is 8.98. The molecule has 0 aliphatic heterocycles. The maximum atomic E-state index is 14.2. The predicted octanol–water partition coefficient (Wildman–Crippen LogP) is 1.59. The van der Waals surface area contributed by atoms with E-state index in [1.807, 2.05) is 20.8 Å². The molecule has 44 heavy (non-hydrogen) atoms. The van der Waals surface area contributed by atoms with Crippen molar-refractivity contribution < 1.29 is 39.6 Å². The van der Waals surface area contributed by atoms with Gasteiger partial charge in [0.05, 0.1) is 17.2 Å². The van der Waals surface area contributed by atoms with Crippen LogP contribution in [-0.2, 0) is 32.8 Å². The molecule has 5 rings (SSSR count). The summed E-state index contributed by atoms with van der Waals surface area (Å²) >= 11 is 0. The Morgan fingerprint density at radius 1 is 1.18 bits per heavy atom. The summed E-state index contributed by atoms with van der Waals surface area (Å²) in [7, 11) is 3.09. The average Bonchev–Trinajstić information content (AvgIpc) is 2.93. The number of benzene rings is 1. The lowest BCUT2D eigenvalue weighted by Crippen LogP contribution is -2.65. The lowest BCUT2D eigenvalue weighted by atomic mass is 9.57. The van der Waals surface area contributed by atoms with Gasteiger partial charge in [0.1, 0.15) is 22.8 Å². The van der Waals surface area contributed by atoms with Gasteiger partial charge in [0.25, 0.3) is 11.8 Å². The summed E-state index contributed by atoms with van der Waals surface area (Å²) in [5.41, 5.74) is 2.82. The molecule has 1 aromatic heterocycles. The lowest BCUT2D eigenvalue weighted by molar-refractivity contribution is -0.153. The number of Topliss-reactive ketones (excluding diaryl/α,β-unsaturated/α-hetero) is 2. The molecule has 0 unspecified atom stereocenters. The fourth-order valence-corrected chi connectivity index (χ4v) is 6.89. The molecular weight excluding hydrogens is 568 g/mol. The summed E-state index contributed by atoms with van der Waals surface area (Å²) in [5, 5.41) is 48.9. The highest BCUT2D eigenvalue weighted by Crippen LogP contribution is 2.54. The molecule has 232 valence electrons. The highest BCUT2D eigenvalue weighted by molar-refractivity contribution is 6.24. The highest BCUT2D eigenvalue weighted by atomic mass is 16.3. The van der Waals surface area contributed by atoms with Crippen LogP contribution in [0.15, 0.2) is 47.5 Å². The van der Waals surface area contributed by atoms with E-state index in [1.54, 1.807) is 38.5 Å². The number of primary amides is 1. The number of fused-ring (bicyclic) bond motifs is 3. The zero-order valence-electron chi connectivity index (χ0n) is 25.1. The van der Waals surface area contributed by atoms with E-state index in [1.165, 1.54) is 11.1 Å². The molecule has 1 aromatic carbocycles. The largest absolute Gasteiger partial charge is 0.508 e. The summed E-state index contributed by atoms with van der Waals surface area (Å²) in [4.78, 5) is 58.0. The van der Waals surface area contributed by atoms with Crippen molar-refractivity contribution in [2.45, 2.75) is 57.2 Å². The van der Waals surface area contributed by atoms with Crippen molar-refractivity contribution >= 4 is 29.1 Å². The van der Waals surface area contributed by atoms with E-state index in [0.29, 0.717) is 22.3 Å². The SMILES string of the molecule is CN(C)[C@H]1C(=O)C(C(N)=O)=C(O)[C@]2(O)C(=O)C3=C(O)c4c(O)c(C(C)(C)C)cc(CNC(=O)c5cccnc5)c4C[C@@H]3C[C@H]12. The zero-order valence-corrected chi connectivity index (χ0v) is 25.1. The monoisotopic (exact) mass is 604 g/mol. The van der Waals surface area contributed by atoms with Crippen LogP contribution < -0.4 is 11.1 Å². The van der Waals surface area contributed by atoms with Crippen LogP contribution in [0, 0.1) is 11.8 Å². The van der Waals surface area contributed by atoms with Crippen molar-refractivity contribution in [1.29, 1.82) is 0 Å². The Bertz CT molecular complexity index is 1670. The van der Waals surface area contributed by atoms with Crippen LogP contribution in [0.2, 0.25) is 0 Å². The number of carbonyl (C=O) groups is 4. The first-order valence-electron chi connectivity index (χ1n) is 14.2. The second-order valence-electron chi connectivity index (χ2n) is 12.9. The number of carbonyl (C=O) groups excluding carboxylic acids is 4. The fourth-order valence-electron chi connectivity index (χ4n) is 6.89. The van der Waals surface area contributed by atoms with E-state index in [9.17, 15) is 39.6 Å². The smallest absolute Gasteiger partial charge is 0.255 e. The quantitative estimate of drug-likeness (QED) is 0.272. The predicted molar refractivity (Wildman–Crippen MR) is 158 cm³/mol. The first kappa shape index (κ1) is 30.9. The van der Waals surface area contributed by atoms with Crippen LogP contribution in [0.5, 0.6) is 5.75 Å². The second kappa shape index (κ2) is 10.6. The molecule has 2 amide bonds. The summed E-state index contributed by atoms with van der Waals surface area (Å²) in [6.45, 7) is 5.60. The Labute approximate surface area is 253 Å². The fraction of sp³-hybridized carbons (Fsp3) is 0.406. The van der Waals surface area contributed by atoms with Crippen molar-refractivity contribution in [3.05, 3.63) is 75.3 Å². The van der Waals surface area contributed by atoms with Crippen molar-refractivity contribution in [1.82, 2.24) is 15.2 Å². The number of pyridine rings is 1. The number of likely N-dealkylation sites (N-methyl/N-ethyl adjacent to an activating group) is 1. The van der Waals surface area contributed by atoms with Gasteiger partial charge in [-0.1, -0.05) is 20.8 Å². The standard InChI is InChI=1S/C32H36N4O8/c1-31(2,3)19-11-16(13-35-30(43)14-7-6-8-34-12-14)17-9-15-10-18-23(36(4)5)26(39)22(29(33)42)28(41)32(18,44)27(40)20(15)25(38)21(17)24(19)37/h6-8,11-12,15,18,23,37-38,41,44H,9-10,13H2,1-5H3,(H2,33,42)(H,35,43)/t15-,18-,23-,32-/m1/s1. The molecule has 2 aromatic rings. The van der Waals surface area contributed by atoms with E-state index < -0.39 is 63.5 Å². The number of aromatic hydroxyl groups is 1. The van der Waals surface area contributed by atoms with Crippen LogP contribution in [0.4, 0.5) is 0 Å². The summed E-state index contributed by atoms with van der Waals surface area (Å²) < 4.78 is 0. The van der Waals surface area contributed by atoms with E-state index >= 15 is 0 Å². The molecule has 0 spiro atoms. The molecule has 12 nitrogen and oxygen atoms in total. The molecule has 0 saturated heterocycles. The molecule has 3 aliphatic rings. The Morgan fingerprint density at radius 2 is 1.86 bits per heavy atom. The topological polar surface area (TPSA) is 203 Å². The number of nitrogens with two attached hydrogens (primary N) is 1. The van der Waals surface area contributed by atoms with Gasteiger partial charge >= 0.3 is 0 Å². The molecule has 7 N–H and O–H groups in total. The molecule has 3 aliphatic carbocycles. The zero-order chi connectivity index (χ0) is 32.5. The highest BCUT2D eigenvalue weighted by Gasteiger charge is 2.64. The van der Waals surface area contributed by atoms with Crippen LogP contribution in [0.25, 0.3) is 5.76 Å². The minimum Gasteiger partial charge on any atom is -0.508 e. The number of aromatic nitrogens is 1. The molecule has 1 fully saturated rings. The number of amides is 2. The number of phenols is 1. The number of aliphatic hydroxyl groups excluding tert-OH is 2. The molecule has 0 radical (unpaired) electrons. The number of aliphatic hydroxyl groups is 3. The van der Waals surface area contributed by atoms with Gasteiger partial charge in [-0.05, 0) is 67.6 Å². The van der Waals surface area contributed by atoms with E-state index in [-0.39, 0.29) is 42.2 Å².